The van der Waals surface area contributed by atoms with E-state index in [9.17, 15) is 0 Å². The topological polar surface area (TPSA) is 45.8 Å². The van der Waals surface area contributed by atoms with Gasteiger partial charge in [0.1, 0.15) is 11.5 Å². The quantitative estimate of drug-likeness (QED) is 0.757. The molecular weight excluding hydrogens is 382 g/mol. The van der Waals surface area contributed by atoms with Gasteiger partial charge in [-0.2, -0.15) is 0 Å². The first-order valence-corrected chi connectivity index (χ1v) is 9.97. The molecule has 0 amide bonds. The largest absolute Gasteiger partial charge is 0.497 e. The van der Waals surface area contributed by atoms with Crippen LogP contribution < -0.4 is 20.1 Å². The maximum absolute atomic E-state index is 5.62. The first-order valence-electron chi connectivity index (χ1n) is 9.56. The van der Waals surface area contributed by atoms with Crippen molar-refractivity contribution in [1.29, 1.82) is 0 Å². The van der Waals surface area contributed by atoms with Crippen molar-refractivity contribution < 1.29 is 9.47 Å². The van der Waals surface area contributed by atoms with E-state index in [2.05, 4.69) is 46.9 Å². The van der Waals surface area contributed by atoms with Crippen molar-refractivity contribution in [3.8, 4) is 11.5 Å². The zero-order valence-electron chi connectivity index (χ0n) is 16.9. The molecule has 2 aromatic rings. The Hall–Kier alpha value is -2.83. The average Bonchev–Trinajstić information content (AvgIpc) is 2.74. The van der Waals surface area contributed by atoms with Crippen LogP contribution >= 0.6 is 12.2 Å². The molecule has 1 unspecified atom stereocenters. The molecule has 2 aliphatic heterocycles. The summed E-state index contributed by atoms with van der Waals surface area (Å²) in [4.78, 5) is 2.31. The summed E-state index contributed by atoms with van der Waals surface area (Å²) < 4.78 is 10.9. The predicted octanol–water partition coefficient (Wildman–Crippen LogP) is 3.51. The number of hydrogen-bond donors (Lipinski definition) is 2. The minimum absolute atomic E-state index is 0.0306. The van der Waals surface area contributed by atoms with Gasteiger partial charge < -0.3 is 20.1 Å². The van der Waals surface area contributed by atoms with Crippen LogP contribution in [0.4, 0.5) is 0 Å². The number of para-hydroxylation sites is 1. The molecule has 150 valence electrons. The fourth-order valence-electron chi connectivity index (χ4n) is 3.96. The van der Waals surface area contributed by atoms with Crippen LogP contribution in [0.1, 0.15) is 17.2 Å². The zero-order chi connectivity index (χ0) is 20.4. The Kier molecular flexibility index (Phi) is 5.56. The third kappa shape index (κ3) is 3.99. The van der Waals surface area contributed by atoms with E-state index < -0.39 is 0 Å². The van der Waals surface area contributed by atoms with Crippen molar-refractivity contribution in [2.24, 2.45) is 0 Å². The zero-order valence-corrected chi connectivity index (χ0v) is 17.7. The van der Waals surface area contributed by atoms with E-state index in [1.54, 1.807) is 14.2 Å². The number of thiocarbonyl (C=S) groups is 1. The molecule has 1 atom stereocenters. The third-order valence-electron chi connectivity index (χ3n) is 5.29. The molecule has 2 N–H and O–H groups in total. The van der Waals surface area contributed by atoms with E-state index >= 15 is 0 Å². The first-order chi connectivity index (χ1) is 14.1. The molecule has 0 fully saturated rings. The maximum Gasteiger partial charge on any atom is 0.171 e. The molecule has 2 heterocycles. The van der Waals surface area contributed by atoms with Crippen molar-refractivity contribution in [2.45, 2.75) is 6.04 Å². The summed E-state index contributed by atoms with van der Waals surface area (Å²) >= 11 is 5.56. The molecule has 0 bridgehead atoms. The summed E-state index contributed by atoms with van der Waals surface area (Å²) in [6.45, 7) is 1.69. The normalized spacial score (nSPS) is 20.7. The number of nitrogens with one attached hydrogen (secondary N) is 2. The Labute approximate surface area is 177 Å². The minimum Gasteiger partial charge on any atom is -0.497 e. The Morgan fingerprint density at radius 1 is 1.03 bits per heavy atom. The molecule has 2 aromatic carbocycles. The van der Waals surface area contributed by atoms with Crippen LogP contribution in [0.15, 0.2) is 65.4 Å². The summed E-state index contributed by atoms with van der Waals surface area (Å²) in [6, 6.07) is 16.2. The highest BCUT2D eigenvalue weighted by Crippen LogP contribution is 2.37. The number of likely N-dealkylation sites (N-methyl/N-ethyl adjacent to an activating group) is 1. The van der Waals surface area contributed by atoms with Crippen molar-refractivity contribution in [2.75, 3.05) is 34.4 Å². The van der Waals surface area contributed by atoms with Gasteiger partial charge in [0.05, 0.1) is 20.3 Å². The summed E-state index contributed by atoms with van der Waals surface area (Å²) in [7, 11) is 5.52. The van der Waals surface area contributed by atoms with Crippen molar-refractivity contribution in [3.63, 3.8) is 0 Å². The Balaban J connectivity index is 1.79. The second-order valence-corrected chi connectivity index (χ2v) is 7.70. The molecule has 0 aliphatic carbocycles. The van der Waals surface area contributed by atoms with Gasteiger partial charge in [0.25, 0.3) is 0 Å². The number of ether oxygens (including phenoxy) is 2. The second-order valence-electron chi connectivity index (χ2n) is 7.29. The van der Waals surface area contributed by atoms with E-state index in [0.29, 0.717) is 5.11 Å². The maximum atomic E-state index is 5.62. The standard InChI is InChI=1S/C23H25N3O2S/c1-26-13-16(12-15-8-10-17(27-2)11-9-15)21-19(14-26)22(25-23(29)24-21)18-6-4-5-7-20(18)28-3/h4-12,22H,13-14H2,1-3H3,(H2,24,25,29)/b16-12-. The number of rotatable bonds is 4. The molecule has 0 spiro atoms. The van der Waals surface area contributed by atoms with Gasteiger partial charge in [0, 0.05) is 24.4 Å². The first kappa shape index (κ1) is 19.5. The van der Waals surface area contributed by atoms with E-state index in [1.165, 1.54) is 11.1 Å². The van der Waals surface area contributed by atoms with Crippen LogP contribution in [0.5, 0.6) is 11.5 Å². The summed E-state index contributed by atoms with van der Waals surface area (Å²) in [5.74, 6) is 1.71. The lowest BCUT2D eigenvalue weighted by Gasteiger charge is -2.39. The number of nitrogens with zero attached hydrogens (tertiary/aromatic N) is 1. The molecular formula is C23H25N3O2S. The van der Waals surface area contributed by atoms with Gasteiger partial charge in [-0.05, 0) is 60.3 Å². The van der Waals surface area contributed by atoms with Crippen molar-refractivity contribution in [1.82, 2.24) is 15.5 Å². The molecule has 5 nitrogen and oxygen atoms in total. The van der Waals surface area contributed by atoms with Gasteiger partial charge in [-0.15, -0.1) is 0 Å². The highest BCUT2D eigenvalue weighted by molar-refractivity contribution is 7.80. The highest BCUT2D eigenvalue weighted by atomic mass is 32.1. The third-order valence-corrected chi connectivity index (χ3v) is 5.51. The molecule has 0 radical (unpaired) electrons. The van der Waals surface area contributed by atoms with Crippen LogP contribution in [-0.4, -0.2) is 44.4 Å². The Bertz CT molecular complexity index is 982. The van der Waals surface area contributed by atoms with Gasteiger partial charge >= 0.3 is 0 Å². The summed E-state index contributed by atoms with van der Waals surface area (Å²) in [6.07, 6.45) is 2.21. The molecule has 0 saturated heterocycles. The summed E-state index contributed by atoms with van der Waals surface area (Å²) in [5.41, 5.74) is 5.80. The van der Waals surface area contributed by atoms with Crippen LogP contribution in [-0.2, 0) is 0 Å². The van der Waals surface area contributed by atoms with Gasteiger partial charge in [-0.1, -0.05) is 30.3 Å². The van der Waals surface area contributed by atoms with E-state index in [1.807, 2.05) is 30.3 Å². The smallest absolute Gasteiger partial charge is 0.171 e. The molecule has 29 heavy (non-hydrogen) atoms. The predicted molar refractivity (Wildman–Crippen MR) is 120 cm³/mol. The van der Waals surface area contributed by atoms with Crippen molar-refractivity contribution in [3.05, 3.63) is 76.5 Å². The van der Waals surface area contributed by atoms with Gasteiger partial charge in [0.2, 0.25) is 0 Å². The highest BCUT2D eigenvalue weighted by Gasteiger charge is 2.33. The lowest BCUT2D eigenvalue weighted by Crippen LogP contribution is -2.49. The molecule has 2 aliphatic rings. The Morgan fingerprint density at radius 3 is 2.52 bits per heavy atom. The van der Waals surface area contributed by atoms with E-state index in [-0.39, 0.29) is 6.04 Å². The molecule has 4 rings (SSSR count). The van der Waals surface area contributed by atoms with Crippen LogP contribution in [0.2, 0.25) is 0 Å². The number of methoxy groups -OCH3 is 2. The fraction of sp³-hybridized carbons (Fsp3) is 0.261. The van der Waals surface area contributed by atoms with E-state index in [4.69, 9.17) is 21.7 Å². The minimum atomic E-state index is -0.0306. The van der Waals surface area contributed by atoms with Gasteiger partial charge in [-0.25, -0.2) is 0 Å². The number of hydrogen-bond acceptors (Lipinski definition) is 4. The fourth-order valence-corrected chi connectivity index (χ4v) is 4.18. The molecule has 6 heteroatoms. The number of benzene rings is 2. The Morgan fingerprint density at radius 2 is 1.79 bits per heavy atom. The molecule has 0 saturated carbocycles. The summed E-state index contributed by atoms with van der Waals surface area (Å²) in [5, 5.41) is 7.48. The lowest BCUT2D eigenvalue weighted by molar-refractivity contribution is 0.359. The van der Waals surface area contributed by atoms with Gasteiger partial charge in [-0.3, -0.25) is 4.90 Å². The van der Waals surface area contributed by atoms with Gasteiger partial charge in [0.15, 0.2) is 5.11 Å². The second kappa shape index (κ2) is 8.27. The monoisotopic (exact) mass is 407 g/mol. The van der Waals surface area contributed by atoms with Crippen LogP contribution in [0.3, 0.4) is 0 Å². The lowest BCUT2D eigenvalue weighted by atomic mass is 9.88. The van der Waals surface area contributed by atoms with E-state index in [0.717, 1.165) is 41.4 Å². The van der Waals surface area contributed by atoms with Crippen LogP contribution in [0, 0.1) is 0 Å². The average molecular weight is 408 g/mol. The molecule has 0 aromatic heterocycles. The SMILES string of the molecule is COc1ccc(/C=C2/CN(C)CC3=C2NC(=S)NC3c2ccccc2OC)cc1. The van der Waals surface area contributed by atoms with Crippen molar-refractivity contribution >= 4 is 23.4 Å². The van der Waals surface area contributed by atoms with Crippen LogP contribution in [0.25, 0.3) is 6.08 Å².